The highest BCUT2D eigenvalue weighted by Crippen LogP contribution is 2.00. The van der Waals surface area contributed by atoms with Crippen LogP contribution in [-0.2, 0) is 0 Å². The standard InChI is InChI=1S/C9H18Si/c1-9(2)7-6-8-10(3,4)5/h9H,7H2,1-5H3. The van der Waals surface area contributed by atoms with Crippen LogP contribution >= 0.6 is 0 Å². The van der Waals surface area contributed by atoms with Gasteiger partial charge in [-0.1, -0.05) is 33.5 Å². The van der Waals surface area contributed by atoms with Gasteiger partial charge < -0.3 is 0 Å². The van der Waals surface area contributed by atoms with Crippen molar-refractivity contribution in [2.75, 3.05) is 0 Å². The molecule has 0 aliphatic rings. The fourth-order valence-electron chi connectivity index (χ4n) is 0.520. The first-order valence-electron chi connectivity index (χ1n) is 3.92. The van der Waals surface area contributed by atoms with E-state index in [0.717, 1.165) is 12.3 Å². The lowest BCUT2D eigenvalue weighted by atomic mass is 10.1. The molecule has 0 fully saturated rings. The molecule has 58 valence electrons. The highest BCUT2D eigenvalue weighted by atomic mass is 28.3. The van der Waals surface area contributed by atoms with E-state index in [1.165, 1.54) is 0 Å². The predicted molar refractivity (Wildman–Crippen MR) is 50.6 cm³/mol. The van der Waals surface area contributed by atoms with Gasteiger partial charge in [-0.2, -0.15) is 0 Å². The van der Waals surface area contributed by atoms with Gasteiger partial charge in [0.25, 0.3) is 0 Å². The van der Waals surface area contributed by atoms with E-state index in [0.29, 0.717) is 0 Å². The van der Waals surface area contributed by atoms with Gasteiger partial charge in [-0.15, -0.1) is 11.5 Å². The molecule has 0 N–H and O–H groups in total. The summed E-state index contributed by atoms with van der Waals surface area (Å²) >= 11 is 0. The predicted octanol–water partition coefficient (Wildman–Crippen LogP) is 2.91. The van der Waals surface area contributed by atoms with Crippen LogP contribution in [0.4, 0.5) is 0 Å². The van der Waals surface area contributed by atoms with E-state index >= 15 is 0 Å². The normalized spacial score (nSPS) is 11.0. The summed E-state index contributed by atoms with van der Waals surface area (Å²) in [6, 6.07) is 0. The van der Waals surface area contributed by atoms with Crippen molar-refractivity contribution in [3.63, 3.8) is 0 Å². The topological polar surface area (TPSA) is 0 Å². The molecular weight excluding hydrogens is 136 g/mol. The zero-order chi connectivity index (χ0) is 8.20. The lowest BCUT2D eigenvalue weighted by Gasteiger charge is -2.03. The lowest BCUT2D eigenvalue weighted by Crippen LogP contribution is -2.16. The van der Waals surface area contributed by atoms with Crippen LogP contribution in [0.25, 0.3) is 0 Å². The summed E-state index contributed by atoms with van der Waals surface area (Å²) in [5, 5.41) is 0. The van der Waals surface area contributed by atoms with Gasteiger partial charge in [0.1, 0.15) is 8.07 Å². The first kappa shape index (κ1) is 9.78. The van der Waals surface area contributed by atoms with Crippen molar-refractivity contribution in [1.29, 1.82) is 0 Å². The molecule has 0 aliphatic carbocycles. The van der Waals surface area contributed by atoms with Gasteiger partial charge >= 0.3 is 0 Å². The molecule has 10 heavy (non-hydrogen) atoms. The van der Waals surface area contributed by atoms with Crippen LogP contribution in [0.5, 0.6) is 0 Å². The Kier molecular flexibility index (Phi) is 3.74. The minimum absolute atomic E-state index is 0.726. The maximum Gasteiger partial charge on any atom is 0.129 e. The van der Waals surface area contributed by atoms with Crippen LogP contribution in [-0.4, -0.2) is 8.07 Å². The van der Waals surface area contributed by atoms with Crippen molar-refractivity contribution in [2.45, 2.75) is 39.9 Å². The summed E-state index contributed by atoms with van der Waals surface area (Å²) in [5.74, 6) is 3.96. The van der Waals surface area contributed by atoms with Crippen LogP contribution in [0, 0.1) is 17.4 Å². The quantitative estimate of drug-likeness (QED) is 0.402. The smallest absolute Gasteiger partial charge is 0.129 e. The van der Waals surface area contributed by atoms with Crippen molar-refractivity contribution in [2.24, 2.45) is 5.92 Å². The Balaban J connectivity index is 3.71. The maximum absolute atomic E-state index is 3.34. The Hall–Kier alpha value is -0.223. The minimum atomic E-state index is -1.09. The Labute approximate surface area is 66.0 Å². The van der Waals surface area contributed by atoms with Crippen LogP contribution in [0.2, 0.25) is 19.6 Å². The third-order valence-corrected chi connectivity index (χ3v) is 1.90. The molecule has 0 heterocycles. The first-order chi connectivity index (χ1) is 4.42. The Bertz CT molecular complexity index is 140. The monoisotopic (exact) mass is 154 g/mol. The Morgan fingerprint density at radius 3 is 2.00 bits per heavy atom. The largest absolute Gasteiger partial charge is 0.132 e. The van der Waals surface area contributed by atoms with Gasteiger partial charge in [0.2, 0.25) is 0 Å². The van der Waals surface area contributed by atoms with Crippen LogP contribution in [0.3, 0.4) is 0 Å². The molecule has 0 amide bonds. The third-order valence-electron chi connectivity index (χ3n) is 0.974. The highest BCUT2D eigenvalue weighted by Gasteiger charge is 2.06. The molecule has 1 heteroatoms. The summed E-state index contributed by atoms with van der Waals surface area (Å²) in [4.78, 5) is 0. The molecule has 0 aromatic heterocycles. The molecule has 0 bridgehead atoms. The van der Waals surface area contributed by atoms with E-state index in [9.17, 15) is 0 Å². The van der Waals surface area contributed by atoms with Crippen LogP contribution in [0.1, 0.15) is 20.3 Å². The molecule has 0 aliphatic heterocycles. The zero-order valence-corrected chi connectivity index (χ0v) is 8.78. The second-order valence-corrected chi connectivity index (χ2v) is 8.90. The summed E-state index contributed by atoms with van der Waals surface area (Å²) in [6.07, 6.45) is 1.06. The first-order valence-corrected chi connectivity index (χ1v) is 7.42. The van der Waals surface area contributed by atoms with E-state index in [1.54, 1.807) is 0 Å². The number of hydrogen-bond donors (Lipinski definition) is 0. The molecule has 0 aromatic carbocycles. The fraction of sp³-hybridized carbons (Fsp3) is 0.778. The third kappa shape index (κ3) is 7.78. The average molecular weight is 154 g/mol. The van der Waals surface area contributed by atoms with E-state index in [4.69, 9.17) is 0 Å². The number of hydrogen-bond acceptors (Lipinski definition) is 0. The molecule has 0 aromatic rings. The minimum Gasteiger partial charge on any atom is -0.132 e. The highest BCUT2D eigenvalue weighted by molar-refractivity contribution is 6.83. The van der Waals surface area contributed by atoms with E-state index in [1.807, 2.05) is 0 Å². The second-order valence-electron chi connectivity index (χ2n) is 4.15. The summed E-state index contributed by atoms with van der Waals surface area (Å²) in [5.41, 5.74) is 3.34. The fourth-order valence-corrected chi connectivity index (χ4v) is 1.15. The molecule has 0 nitrogen and oxygen atoms in total. The zero-order valence-electron chi connectivity index (χ0n) is 7.78. The average Bonchev–Trinajstić information content (AvgIpc) is 1.59. The Morgan fingerprint density at radius 2 is 1.70 bits per heavy atom. The van der Waals surface area contributed by atoms with Crippen molar-refractivity contribution < 1.29 is 0 Å². The van der Waals surface area contributed by atoms with Gasteiger partial charge in [-0.05, 0) is 5.92 Å². The molecule has 0 radical (unpaired) electrons. The van der Waals surface area contributed by atoms with Gasteiger partial charge in [0, 0.05) is 6.42 Å². The molecule has 0 atom stereocenters. The summed E-state index contributed by atoms with van der Waals surface area (Å²) in [7, 11) is -1.09. The van der Waals surface area contributed by atoms with Crippen molar-refractivity contribution in [3.8, 4) is 11.5 Å². The second kappa shape index (κ2) is 3.83. The van der Waals surface area contributed by atoms with Crippen molar-refractivity contribution in [1.82, 2.24) is 0 Å². The maximum atomic E-state index is 3.34. The molecule has 0 saturated heterocycles. The summed E-state index contributed by atoms with van der Waals surface area (Å²) < 4.78 is 0. The van der Waals surface area contributed by atoms with Crippen LogP contribution in [0.15, 0.2) is 0 Å². The molecule has 0 spiro atoms. The van der Waals surface area contributed by atoms with Gasteiger partial charge in [-0.3, -0.25) is 0 Å². The van der Waals surface area contributed by atoms with Gasteiger partial charge in [0.05, 0.1) is 0 Å². The molecular formula is C9H18Si. The molecule has 0 saturated carbocycles. The summed E-state index contributed by atoms with van der Waals surface area (Å²) in [6.45, 7) is 11.2. The van der Waals surface area contributed by atoms with Crippen LogP contribution < -0.4 is 0 Å². The molecule has 0 unspecified atom stereocenters. The lowest BCUT2D eigenvalue weighted by molar-refractivity contribution is 0.676. The SMILES string of the molecule is CC(C)CC#C[Si](C)(C)C. The van der Waals surface area contributed by atoms with Crippen molar-refractivity contribution >= 4 is 8.07 Å². The Morgan fingerprint density at radius 1 is 1.20 bits per heavy atom. The van der Waals surface area contributed by atoms with E-state index in [-0.39, 0.29) is 0 Å². The number of rotatable bonds is 1. The van der Waals surface area contributed by atoms with E-state index in [2.05, 4.69) is 45.0 Å². The van der Waals surface area contributed by atoms with Gasteiger partial charge in [-0.25, -0.2) is 0 Å². The molecule has 0 rings (SSSR count). The van der Waals surface area contributed by atoms with Crippen molar-refractivity contribution in [3.05, 3.63) is 0 Å². The van der Waals surface area contributed by atoms with Gasteiger partial charge in [0.15, 0.2) is 0 Å². The van der Waals surface area contributed by atoms with E-state index < -0.39 is 8.07 Å².